The average molecular weight is 419 g/mol. The van der Waals surface area contributed by atoms with Crippen molar-refractivity contribution in [2.45, 2.75) is 33.3 Å². The smallest absolute Gasteiger partial charge is 0.265 e. The molecule has 0 saturated heterocycles. The van der Waals surface area contributed by atoms with Crippen molar-refractivity contribution >= 4 is 33.4 Å². The largest absolute Gasteiger partial charge is 0.480 e. The third-order valence-electron chi connectivity index (χ3n) is 3.69. The normalized spacial score (nSPS) is 11.5. The number of anilines is 1. The third kappa shape index (κ3) is 5.59. The summed E-state index contributed by atoms with van der Waals surface area (Å²) in [6.45, 7) is 6.27. The van der Waals surface area contributed by atoms with Crippen LogP contribution in [0.15, 0.2) is 46.9 Å². The van der Waals surface area contributed by atoms with E-state index in [-0.39, 0.29) is 11.8 Å². The number of nitrogens with one attached hydrogen (secondary N) is 2. The van der Waals surface area contributed by atoms with E-state index >= 15 is 0 Å². The maximum Gasteiger partial charge on any atom is 0.265 e. The van der Waals surface area contributed by atoms with E-state index in [0.717, 1.165) is 16.5 Å². The Balaban J connectivity index is 2.01. The lowest BCUT2D eigenvalue weighted by Crippen LogP contribution is -2.30. The fraction of sp³-hybridized carbons (Fsp3) is 0.300. The number of hydrogen-bond donors (Lipinski definition) is 2. The van der Waals surface area contributed by atoms with Gasteiger partial charge in [0.2, 0.25) is 0 Å². The molecule has 0 heterocycles. The average Bonchev–Trinajstić information content (AvgIpc) is 2.62. The molecule has 0 saturated carbocycles. The molecule has 0 aliphatic carbocycles. The van der Waals surface area contributed by atoms with Gasteiger partial charge in [0, 0.05) is 17.8 Å². The molecule has 2 rings (SSSR count). The van der Waals surface area contributed by atoms with Crippen molar-refractivity contribution in [3.63, 3.8) is 0 Å². The Morgan fingerprint density at radius 1 is 1.19 bits per heavy atom. The maximum absolute atomic E-state index is 12.4. The first-order valence-corrected chi connectivity index (χ1v) is 9.32. The summed E-state index contributed by atoms with van der Waals surface area (Å²) in [5, 5.41) is 5.60. The lowest BCUT2D eigenvalue weighted by atomic mass is 10.2. The van der Waals surface area contributed by atoms with E-state index in [2.05, 4.69) is 26.6 Å². The highest BCUT2D eigenvalue weighted by atomic mass is 79.9. The number of amides is 2. The molecule has 0 spiro atoms. The Bertz CT molecular complexity index is 792. The molecule has 2 amide bonds. The Morgan fingerprint density at radius 2 is 1.96 bits per heavy atom. The zero-order valence-electron chi connectivity index (χ0n) is 15.1. The SMILES string of the molecule is CCCNC(=O)c1cccc(NC(=O)C(C)Oc2ccc(C)cc2Br)c1. The highest BCUT2D eigenvalue weighted by Gasteiger charge is 2.17. The van der Waals surface area contributed by atoms with Crippen LogP contribution in [0.1, 0.15) is 36.2 Å². The van der Waals surface area contributed by atoms with Gasteiger partial charge in [0.15, 0.2) is 6.10 Å². The molecule has 0 bridgehead atoms. The maximum atomic E-state index is 12.4. The lowest BCUT2D eigenvalue weighted by Gasteiger charge is -2.16. The van der Waals surface area contributed by atoms with Crippen molar-refractivity contribution < 1.29 is 14.3 Å². The molecule has 0 aliphatic heterocycles. The summed E-state index contributed by atoms with van der Waals surface area (Å²) in [6.07, 6.45) is 0.178. The van der Waals surface area contributed by atoms with E-state index in [1.807, 2.05) is 32.0 Å². The Kier molecular flexibility index (Phi) is 7.21. The topological polar surface area (TPSA) is 67.4 Å². The minimum absolute atomic E-state index is 0.157. The van der Waals surface area contributed by atoms with Gasteiger partial charge in [-0.25, -0.2) is 0 Å². The van der Waals surface area contributed by atoms with Crippen molar-refractivity contribution in [3.05, 3.63) is 58.1 Å². The number of aryl methyl sites for hydroxylation is 1. The van der Waals surface area contributed by atoms with Crippen LogP contribution in [0.4, 0.5) is 5.69 Å². The number of rotatable bonds is 7. The van der Waals surface area contributed by atoms with Crippen LogP contribution in [0.25, 0.3) is 0 Å². The monoisotopic (exact) mass is 418 g/mol. The summed E-state index contributed by atoms with van der Waals surface area (Å²) in [5.41, 5.74) is 2.16. The van der Waals surface area contributed by atoms with Gasteiger partial charge in [-0.2, -0.15) is 0 Å². The number of carbonyl (C=O) groups excluding carboxylic acids is 2. The van der Waals surface area contributed by atoms with Gasteiger partial charge in [0.05, 0.1) is 4.47 Å². The fourth-order valence-electron chi connectivity index (χ4n) is 2.27. The lowest BCUT2D eigenvalue weighted by molar-refractivity contribution is -0.122. The molecule has 2 N–H and O–H groups in total. The van der Waals surface area contributed by atoms with Crippen LogP contribution >= 0.6 is 15.9 Å². The summed E-state index contributed by atoms with van der Waals surface area (Å²) < 4.78 is 6.52. The first-order chi connectivity index (χ1) is 12.4. The van der Waals surface area contributed by atoms with E-state index in [9.17, 15) is 9.59 Å². The van der Waals surface area contributed by atoms with Crippen LogP contribution in [0.2, 0.25) is 0 Å². The van der Waals surface area contributed by atoms with Crippen LogP contribution < -0.4 is 15.4 Å². The molecule has 2 aromatic carbocycles. The van der Waals surface area contributed by atoms with Crippen molar-refractivity contribution in [3.8, 4) is 5.75 Å². The zero-order chi connectivity index (χ0) is 19.1. The third-order valence-corrected chi connectivity index (χ3v) is 4.31. The van der Waals surface area contributed by atoms with E-state index in [1.165, 1.54) is 0 Å². The standard InChI is InChI=1S/C20H23BrN2O3/c1-4-10-22-20(25)15-6-5-7-16(12-15)23-19(24)14(3)26-18-9-8-13(2)11-17(18)21/h5-9,11-12,14H,4,10H2,1-3H3,(H,22,25)(H,23,24). The van der Waals surface area contributed by atoms with Crippen molar-refractivity contribution in [2.75, 3.05) is 11.9 Å². The number of benzene rings is 2. The van der Waals surface area contributed by atoms with Crippen LogP contribution in [-0.2, 0) is 4.79 Å². The summed E-state index contributed by atoms with van der Waals surface area (Å²) in [5.74, 6) is 0.158. The molecular weight excluding hydrogens is 396 g/mol. The second-order valence-electron chi connectivity index (χ2n) is 6.02. The van der Waals surface area contributed by atoms with Gasteiger partial charge < -0.3 is 15.4 Å². The van der Waals surface area contributed by atoms with Crippen LogP contribution in [0, 0.1) is 6.92 Å². The minimum Gasteiger partial charge on any atom is -0.480 e. The van der Waals surface area contributed by atoms with Crippen LogP contribution in [-0.4, -0.2) is 24.5 Å². The highest BCUT2D eigenvalue weighted by Crippen LogP contribution is 2.26. The Hall–Kier alpha value is -2.34. The second kappa shape index (κ2) is 9.38. The number of halogens is 1. The van der Waals surface area contributed by atoms with Gasteiger partial charge in [0.25, 0.3) is 11.8 Å². The predicted octanol–water partition coefficient (Wildman–Crippen LogP) is 4.30. The van der Waals surface area contributed by atoms with E-state index in [1.54, 1.807) is 31.2 Å². The molecular formula is C20H23BrN2O3. The summed E-state index contributed by atoms with van der Waals surface area (Å²) in [6, 6.07) is 12.5. The number of ether oxygens (including phenoxy) is 1. The Morgan fingerprint density at radius 3 is 2.65 bits per heavy atom. The van der Waals surface area contributed by atoms with E-state index in [4.69, 9.17) is 4.74 Å². The fourth-order valence-corrected chi connectivity index (χ4v) is 2.85. The van der Waals surface area contributed by atoms with Crippen molar-refractivity contribution in [2.24, 2.45) is 0 Å². The molecule has 0 fully saturated rings. The molecule has 2 aromatic rings. The van der Waals surface area contributed by atoms with Crippen LogP contribution in [0.3, 0.4) is 0 Å². The first kappa shape index (κ1) is 20.0. The van der Waals surface area contributed by atoms with Gasteiger partial charge in [-0.3, -0.25) is 9.59 Å². The number of carbonyl (C=O) groups is 2. The van der Waals surface area contributed by atoms with Gasteiger partial charge in [-0.1, -0.05) is 19.1 Å². The van der Waals surface area contributed by atoms with Gasteiger partial charge in [-0.15, -0.1) is 0 Å². The molecule has 0 aliphatic rings. The molecule has 0 aromatic heterocycles. The van der Waals surface area contributed by atoms with E-state index in [0.29, 0.717) is 23.5 Å². The number of hydrogen-bond acceptors (Lipinski definition) is 3. The van der Waals surface area contributed by atoms with Gasteiger partial charge in [0.1, 0.15) is 5.75 Å². The first-order valence-electron chi connectivity index (χ1n) is 8.52. The second-order valence-corrected chi connectivity index (χ2v) is 6.87. The predicted molar refractivity (Wildman–Crippen MR) is 107 cm³/mol. The highest BCUT2D eigenvalue weighted by molar-refractivity contribution is 9.10. The molecule has 6 heteroatoms. The van der Waals surface area contributed by atoms with Gasteiger partial charge >= 0.3 is 0 Å². The molecule has 26 heavy (non-hydrogen) atoms. The van der Waals surface area contributed by atoms with Crippen LogP contribution in [0.5, 0.6) is 5.75 Å². The minimum atomic E-state index is -0.688. The summed E-state index contributed by atoms with van der Waals surface area (Å²) in [4.78, 5) is 24.4. The van der Waals surface area contributed by atoms with Crippen molar-refractivity contribution in [1.29, 1.82) is 0 Å². The van der Waals surface area contributed by atoms with Gasteiger partial charge in [-0.05, 0) is 72.1 Å². The van der Waals surface area contributed by atoms with Crippen molar-refractivity contribution in [1.82, 2.24) is 5.32 Å². The molecule has 1 atom stereocenters. The molecule has 5 nitrogen and oxygen atoms in total. The molecule has 138 valence electrons. The Labute approximate surface area is 162 Å². The zero-order valence-corrected chi connectivity index (χ0v) is 16.7. The van der Waals surface area contributed by atoms with E-state index < -0.39 is 6.10 Å². The molecule has 0 radical (unpaired) electrons. The quantitative estimate of drug-likeness (QED) is 0.703. The summed E-state index contributed by atoms with van der Waals surface area (Å²) >= 11 is 3.44. The summed E-state index contributed by atoms with van der Waals surface area (Å²) in [7, 11) is 0. The molecule has 1 unspecified atom stereocenters.